The average Bonchev–Trinajstić information content (AvgIpc) is 2.95. The number of rotatable bonds is 6. The number of hydrogen-bond donors (Lipinski definition) is 2. The van der Waals surface area contributed by atoms with Crippen LogP contribution in [0.15, 0.2) is 16.9 Å². The zero-order valence-corrected chi connectivity index (χ0v) is 16.6. The maximum Gasteiger partial charge on any atom is 0.150 e. The molecule has 2 aromatic rings. The summed E-state index contributed by atoms with van der Waals surface area (Å²) in [6.45, 7) is 5.93. The number of fused-ring (bicyclic) bond motifs is 1. The highest BCUT2D eigenvalue weighted by Gasteiger charge is 2.22. The van der Waals surface area contributed by atoms with Crippen LogP contribution in [0.4, 0.5) is 5.82 Å². The Hall–Kier alpha value is -1.44. The molecule has 2 heterocycles. The molecule has 0 radical (unpaired) electrons. The van der Waals surface area contributed by atoms with E-state index in [1.165, 1.54) is 5.57 Å². The van der Waals surface area contributed by atoms with E-state index in [4.69, 9.17) is 10.5 Å². The number of halogens is 1. The standard InChI is InChI=1S/C18H26BrN5O/c1-11(2)18-23-16(19)15-17(20)22-10-14(24(15)18)12-4-6-13(7-5-12)21-8-9-25-3/h4,10-11,13,21H,5-9H2,1-3H3,(H2,20,22). The molecular formula is C18H26BrN5O. The molecule has 1 unspecified atom stereocenters. The van der Waals surface area contributed by atoms with Gasteiger partial charge in [-0.25, -0.2) is 9.97 Å². The normalized spacial score (nSPS) is 18.1. The first-order valence-electron chi connectivity index (χ1n) is 8.77. The highest BCUT2D eigenvalue weighted by Crippen LogP contribution is 2.33. The third kappa shape index (κ3) is 3.73. The number of anilines is 1. The van der Waals surface area contributed by atoms with Gasteiger partial charge in [0, 0.05) is 25.6 Å². The SMILES string of the molecule is COCCNC1CC=C(c2cnc(N)c3c(Br)nc(C(C)C)n23)CC1. The molecule has 0 fully saturated rings. The van der Waals surface area contributed by atoms with Crippen LogP contribution in [0.25, 0.3) is 11.1 Å². The van der Waals surface area contributed by atoms with Crippen molar-refractivity contribution in [3.05, 3.63) is 28.4 Å². The van der Waals surface area contributed by atoms with Gasteiger partial charge in [-0.15, -0.1) is 0 Å². The van der Waals surface area contributed by atoms with Crippen LogP contribution in [0, 0.1) is 0 Å². The minimum atomic E-state index is 0.298. The van der Waals surface area contributed by atoms with Gasteiger partial charge in [0.2, 0.25) is 0 Å². The maximum absolute atomic E-state index is 6.12. The third-order valence-electron chi connectivity index (χ3n) is 4.67. The number of nitrogens with zero attached hydrogens (tertiary/aromatic N) is 3. The van der Waals surface area contributed by atoms with E-state index in [0.717, 1.165) is 54.1 Å². The molecule has 0 aromatic carbocycles. The van der Waals surface area contributed by atoms with Gasteiger partial charge in [0.05, 0.1) is 18.5 Å². The fourth-order valence-corrected chi connectivity index (χ4v) is 3.92. The zero-order valence-electron chi connectivity index (χ0n) is 15.1. The lowest BCUT2D eigenvalue weighted by atomic mass is 9.93. The van der Waals surface area contributed by atoms with E-state index in [0.29, 0.717) is 17.8 Å². The molecule has 6 nitrogen and oxygen atoms in total. The van der Waals surface area contributed by atoms with E-state index in [-0.39, 0.29) is 0 Å². The van der Waals surface area contributed by atoms with Gasteiger partial charge in [-0.1, -0.05) is 19.9 Å². The first kappa shape index (κ1) is 18.4. The first-order chi connectivity index (χ1) is 12.0. The van der Waals surface area contributed by atoms with E-state index in [9.17, 15) is 0 Å². The molecule has 0 spiro atoms. The number of methoxy groups -OCH3 is 1. The Bertz CT molecular complexity index is 783. The zero-order chi connectivity index (χ0) is 18.0. The Balaban J connectivity index is 1.93. The number of aromatic nitrogens is 3. The average molecular weight is 408 g/mol. The summed E-state index contributed by atoms with van der Waals surface area (Å²) in [5.74, 6) is 1.81. The quantitative estimate of drug-likeness (QED) is 0.717. The van der Waals surface area contributed by atoms with Crippen LogP contribution < -0.4 is 11.1 Å². The lowest BCUT2D eigenvalue weighted by Gasteiger charge is -2.24. The molecule has 3 N–H and O–H groups in total. The number of allylic oxidation sites excluding steroid dienone is 1. The summed E-state index contributed by atoms with van der Waals surface area (Å²) >= 11 is 3.55. The summed E-state index contributed by atoms with van der Waals surface area (Å²) in [6.07, 6.45) is 7.33. The molecule has 1 atom stereocenters. The molecule has 136 valence electrons. The van der Waals surface area contributed by atoms with E-state index < -0.39 is 0 Å². The second-order valence-corrected chi connectivity index (χ2v) is 7.53. The van der Waals surface area contributed by atoms with E-state index in [1.54, 1.807) is 7.11 Å². The minimum Gasteiger partial charge on any atom is -0.383 e. The monoisotopic (exact) mass is 407 g/mol. The van der Waals surface area contributed by atoms with Gasteiger partial charge in [-0.2, -0.15) is 0 Å². The van der Waals surface area contributed by atoms with Gasteiger partial charge in [0.25, 0.3) is 0 Å². The highest BCUT2D eigenvalue weighted by molar-refractivity contribution is 9.10. The Morgan fingerprint density at radius 1 is 1.48 bits per heavy atom. The van der Waals surface area contributed by atoms with Gasteiger partial charge in [0.15, 0.2) is 5.82 Å². The van der Waals surface area contributed by atoms with Crippen molar-refractivity contribution in [1.82, 2.24) is 19.7 Å². The fourth-order valence-electron chi connectivity index (χ4n) is 3.36. The molecule has 0 aliphatic heterocycles. The third-order valence-corrected chi connectivity index (χ3v) is 5.22. The van der Waals surface area contributed by atoms with Crippen molar-refractivity contribution in [2.45, 2.75) is 45.1 Å². The van der Waals surface area contributed by atoms with Gasteiger partial charge in [-0.3, -0.25) is 4.40 Å². The molecule has 7 heteroatoms. The van der Waals surface area contributed by atoms with Gasteiger partial charge in [-0.05, 0) is 40.8 Å². The van der Waals surface area contributed by atoms with Crippen molar-refractivity contribution in [3.63, 3.8) is 0 Å². The topological polar surface area (TPSA) is 77.5 Å². The summed E-state index contributed by atoms with van der Waals surface area (Å²) in [7, 11) is 1.73. The molecule has 0 saturated carbocycles. The summed E-state index contributed by atoms with van der Waals surface area (Å²) < 4.78 is 8.04. The summed E-state index contributed by atoms with van der Waals surface area (Å²) in [4.78, 5) is 9.09. The van der Waals surface area contributed by atoms with Gasteiger partial charge >= 0.3 is 0 Å². The molecule has 3 rings (SSSR count). The predicted octanol–water partition coefficient (Wildman–Crippen LogP) is 3.37. The maximum atomic E-state index is 6.12. The largest absolute Gasteiger partial charge is 0.383 e. The van der Waals surface area contributed by atoms with Crippen molar-refractivity contribution in [2.75, 3.05) is 26.0 Å². The first-order valence-corrected chi connectivity index (χ1v) is 9.56. The number of nitrogen functional groups attached to an aromatic ring is 1. The van der Waals surface area contributed by atoms with Crippen LogP contribution in [0.1, 0.15) is 50.5 Å². The van der Waals surface area contributed by atoms with Crippen LogP contribution in [0.3, 0.4) is 0 Å². The molecule has 2 aromatic heterocycles. The Kier molecular flexibility index (Phi) is 5.76. The van der Waals surface area contributed by atoms with Gasteiger partial charge in [0.1, 0.15) is 15.9 Å². The van der Waals surface area contributed by atoms with Crippen LogP contribution in [-0.2, 0) is 4.74 Å². The molecule has 1 aliphatic rings. The molecule has 0 saturated heterocycles. The summed E-state index contributed by atoms with van der Waals surface area (Å²) in [6, 6.07) is 0.509. The highest BCUT2D eigenvalue weighted by atomic mass is 79.9. The molecular weight excluding hydrogens is 382 g/mol. The van der Waals surface area contributed by atoms with Crippen LogP contribution in [0.5, 0.6) is 0 Å². The van der Waals surface area contributed by atoms with Crippen LogP contribution in [0.2, 0.25) is 0 Å². The number of imidazole rings is 1. The fraction of sp³-hybridized carbons (Fsp3) is 0.556. The minimum absolute atomic E-state index is 0.298. The number of hydrogen-bond acceptors (Lipinski definition) is 5. The number of nitrogens with one attached hydrogen (secondary N) is 1. The lowest BCUT2D eigenvalue weighted by Crippen LogP contribution is -2.32. The number of nitrogens with two attached hydrogens (primary N) is 1. The van der Waals surface area contributed by atoms with Crippen LogP contribution in [-0.4, -0.2) is 40.7 Å². The second kappa shape index (κ2) is 7.85. The van der Waals surface area contributed by atoms with Crippen molar-refractivity contribution >= 4 is 32.8 Å². The van der Waals surface area contributed by atoms with Gasteiger partial charge < -0.3 is 15.8 Å². The number of ether oxygens (including phenoxy) is 1. The van der Waals surface area contributed by atoms with E-state index >= 15 is 0 Å². The van der Waals surface area contributed by atoms with Crippen molar-refractivity contribution < 1.29 is 4.74 Å². The second-order valence-electron chi connectivity index (χ2n) is 6.78. The lowest BCUT2D eigenvalue weighted by molar-refractivity contribution is 0.195. The van der Waals surface area contributed by atoms with E-state index in [1.807, 2.05) is 6.20 Å². The Morgan fingerprint density at radius 2 is 2.28 bits per heavy atom. The molecule has 0 bridgehead atoms. The Morgan fingerprint density at radius 3 is 2.92 bits per heavy atom. The summed E-state index contributed by atoms with van der Waals surface area (Å²) in [5.41, 5.74) is 9.39. The molecule has 1 aliphatic carbocycles. The Labute approximate surface area is 157 Å². The van der Waals surface area contributed by atoms with Crippen molar-refractivity contribution in [2.24, 2.45) is 0 Å². The van der Waals surface area contributed by atoms with Crippen molar-refractivity contribution in [3.8, 4) is 0 Å². The smallest absolute Gasteiger partial charge is 0.150 e. The molecule has 0 amide bonds. The van der Waals surface area contributed by atoms with Crippen LogP contribution >= 0.6 is 15.9 Å². The molecule has 25 heavy (non-hydrogen) atoms. The summed E-state index contributed by atoms with van der Waals surface area (Å²) in [5, 5.41) is 3.54. The van der Waals surface area contributed by atoms with Crippen molar-refractivity contribution in [1.29, 1.82) is 0 Å². The predicted molar refractivity (Wildman–Crippen MR) is 105 cm³/mol. The van der Waals surface area contributed by atoms with E-state index in [2.05, 4.69) is 55.5 Å².